The van der Waals surface area contributed by atoms with Crippen LogP contribution in [-0.2, 0) is 0 Å². The molecule has 0 spiro atoms. The molecule has 76 valence electrons. The molecule has 0 bridgehead atoms. The highest BCUT2D eigenvalue weighted by Gasteiger charge is 2.10. The highest BCUT2D eigenvalue weighted by atomic mass is 16.3. The fourth-order valence-electron chi connectivity index (χ4n) is 1.91. The van der Waals surface area contributed by atoms with Crippen molar-refractivity contribution in [3.05, 3.63) is 11.6 Å². The van der Waals surface area contributed by atoms with Gasteiger partial charge >= 0.3 is 0 Å². The van der Waals surface area contributed by atoms with E-state index in [-0.39, 0.29) is 6.10 Å². The first-order valence-corrected chi connectivity index (χ1v) is 5.60. The van der Waals surface area contributed by atoms with Crippen LogP contribution in [0.3, 0.4) is 0 Å². The molecule has 0 radical (unpaired) electrons. The standard InChI is InChI=1S/C12H22O/c1-3-10(2)8-11-6-4-5-7-12(13)9-11/h9-10,12-13H,3-8H2,1-2H3. The van der Waals surface area contributed by atoms with Crippen molar-refractivity contribution in [2.24, 2.45) is 5.92 Å². The number of hydrogen-bond donors (Lipinski definition) is 1. The van der Waals surface area contributed by atoms with Crippen molar-refractivity contribution < 1.29 is 5.11 Å². The Morgan fingerprint density at radius 2 is 2.31 bits per heavy atom. The van der Waals surface area contributed by atoms with E-state index in [0.717, 1.165) is 12.3 Å². The van der Waals surface area contributed by atoms with Gasteiger partial charge in [0.25, 0.3) is 0 Å². The summed E-state index contributed by atoms with van der Waals surface area (Å²) in [4.78, 5) is 0. The van der Waals surface area contributed by atoms with Gasteiger partial charge in [-0.3, -0.25) is 0 Å². The van der Waals surface area contributed by atoms with Gasteiger partial charge in [-0.15, -0.1) is 0 Å². The first kappa shape index (κ1) is 10.8. The molecule has 13 heavy (non-hydrogen) atoms. The van der Waals surface area contributed by atoms with Gasteiger partial charge in [-0.05, 0) is 31.6 Å². The lowest BCUT2D eigenvalue weighted by Crippen LogP contribution is -2.01. The smallest absolute Gasteiger partial charge is 0.0723 e. The fraction of sp³-hybridized carbons (Fsp3) is 0.833. The SMILES string of the molecule is CCC(C)CC1=CC(O)CCCC1. The summed E-state index contributed by atoms with van der Waals surface area (Å²) in [6, 6.07) is 0. The van der Waals surface area contributed by atoms with E-state index in [0.29, 0.717) is 0 Å². The molecule has 1 nitrogen and oxygen atoms in total. The molecule has 1 heteroatoms. The monoisotopic (exact) mass is 182 g/mol. The Bertz CT molecular complexity index is 172. The Labute approximate surface area is 81.9 Å². The summed E-state index contributed by atoms with van der Waals surface area (Å²) in [6.07, 6.45) is 8.98. The molecule has 0 aromatic carbocycles. The van der Waals surface area contributed by atoms with Crippen LogP contribution >= 0.6 is 0 Å². The van der Waals surface area contributed by atoms with Gasteiger partial charge in [0.1, 0.15) is 0 Å². The maximum Gasteiger partial charge on any atom is 0.0723 e. The molecule has 1 aliphatic rings. The molecule has 0 aromatic rings. The average molecular weight is 182 g/mol. The molecule has 0 amide bonds. The Hall–Kier alpha value is -0.300. The van der Waals surface area contributed by atoms with E-state index in [1.54, 1.807) is 0 Å². The van der Waals surface area contributed by atoms with Gasteiger partial charge in [0.15, 0.2) is 0 Å². The second-order valence-corrected chi connectivity index (χ2v) is 4.36. The van der Waals surface area contributed by atoms with Crippen LogP contribution in [0.5, 0.6) is 0 Å². The predicted molar refractivity (Wildman–Crippen MR) is 56.6 cm³/mol. The average Bonchev–Trinajstić information content (AvgIpc) is 2.30. The second-order valence-electron chi connectivity index (χ2n) is 4.36. The molecule has 0 saturated carbocycles. The topological polar surface area (TPSA) is 20.2 Å². The van der Waals surface area contributed by atoms with Crippen LogP contribution in [0.4, 0.5) is 0 Å². The summed E-state index contributed by atoms with van der Waals surface area (Å²) in [5, 5.41) is 9.57. The molecular formula is C12H22O. The Morgan fingerprint density at radius 3 is 3.00 bits per heavy atom. The van der Waals surface area contributed by atoms with Gasteiger partial charge in [0.2, 0.25) is 0 Å². The fourth-order valence-corrected chi connectivity index (χ4v) is 1.91. The minimum atomic E-state index is -0.165. The molecular weight excluding hydrogens is 160 g/mol. The zero-order chi connectivity index (χ0) is 9.68. The minimum Gasteiger partial charge on any atom is -0.389 e. The number of rotatable bonds is 3. The Morgan fingerprint density at radius 1 is 1.54 bits per heavy atom. The van der Waals surface area contributed by atoms with Crippen LogP contribution in [0.2, 0.25) is 0 Å². The van der Waals surface area contributed by atoms with E-state index >= 15 is 0 Å². The summed E-state index contributed by atoms with van der Waals surface area (Å²) in [6.45, 7) is 4.52. The summed E-state index contributed by atoms with van der Waals surface area (Å²) in [5.41, 5.74) is 1.49. The molecule has 0 fully saturated rings. The highest BCUT2D eigenvalue weighted by molar-refractivity contribution is 5.07. The van der Waals surface area contributed by atoms with Crippen molar-refractivity contribution in [2.75, 3.05) is 0 Å². The number of hydrogen-bond acceptors (Lipinski definition) is 1. The maximum atomic E-state index is 9.57. The molecule has 2 atom stereocenters. The summed E-state index contributed by atoms with van der Waals surface area (Å²) in [7, 11) is 0. The Kier molecular flexibility index (Phi) is 4.51. The van der Waals surface area contributed by atoms with E-state index in [4.69, 9.17) is 0 Å². The number of aliphatic hydroxyl groups is 1. The largest absolute Gasteiger partial charge is 0.389 e. The first-order valence-electron chi connectivity index (χ1n) is 5.60. The molecule has 1 rings (SSSR count). The van der Waals surface area contributed by atoms with Crippen LogP contribution in [0.25, 0.3) is 0 Å². The highest BCUT2D eigenvalue weighted by Crippen LogP contribution is 2.24. The normalized spacial score (nSPS) is 26.4. The van der Waals surface area contributed by atoms with Crippen LogP contribution in [0.15, 0.2) is 11.6 Å². The minimum absolute atomic E-state index is 0.165. The summed E-state index contributed by atoms with van der Waals surface area (Å²) >= 11 is 0. The van der Waals surface area contributed by atoms with Crippen LogP contribution < -0.4 is 0 Å². The molecule has 1 N–H and O–H groups in total. The van der Waals surface area contributed by atoms with E-state index in [1.807, 2.05) is 0 Å². The number of allylic oxidation sites excluding steroid dienone is 1. The maximum absolute atomic E-state index is 9.57. The quantitative estimate of drug-likeness (QED) is 0.664. The van der Waals surface area contributed by atoms with Gasteiger partial charge < -0.3 is 5.11 Å². The lowest BCUT2D eigenvalue weighted by atomic mass is 9.96. The van der Waals surface area contributed by atoms with Crippen LogP contribution in [-0.4, -0.2) is 11.2 Å². The van der Waals surface area contributed by atoms with Gasteiger partial charge in [-0.1, -0.05) is 38.3 Å². The van der Waals surface area contributed by atoms with Crippen molar-refractivity contribution in [2.45, 2.75) is 58.5 Å². The van der Waals surface area contributed by atoms with Gasteiger partial charge in [-0.25, -0.2) is 0 Å². The van der Waals surface area contributed by atoms with E-state index in [2.05, 4.69) is 19.9 Å². The van der Waals surface area contributed by atoms with Crippen molar-refractivity contribution in [1.29, 1.82) is 0 Å². The molecule has 0 aliphatic heterocycles. The molecule has 0 saturated heterocycles. The summed E-state index contributed by atoms with van der Waals surface area (Å²) in [5.74, 6) is 0.775. The van der Waals surface area contributed by atoms with Gasteiger partial charge in [0, 0.05) is 0 Å². The zero-order valence-corrected chi connectivity index (χ0v) is 8.92. The van der Waals surface area contributed by atoms with Crippen LogP contribution in [0.1, 0.15) is 52.4 Å². The van der Waals surface area contributed by atoms with Gasteiger partial charge in [0.05, 0.1) is 6.10 Å². The first-order chi connectivity index (χ1) is 6.22. The molecule has 2 unspecified atom stereocenters. The van der Waals surface area contributed by atoms with E-state index in [1.165, 1.54) is 37.7 Å². The summed E-state index contributed by atoms with van der Waals surface area (Å²) < 4.78 is 0. The van der Waals surface area contributed by atoms with Crippen molar-refractivity contribution in [3.63, 3.8) is 0 Å². The van der Waals surface area contributed by atoms with E-state index < -0.39 is 0 Å². The molecule has 1 aliphatic carbocycles. The van der Waals surface area contributed by atoms with Gasteiger partial charge in [-0.2, -0.15) is 0 Å². The third-order valence-electron chi connectivity index (χ3n) is 2.98. The van der Waals surface area contributed by atoms with Crippen molar-refractivity contribution >= 4 is 0 Å². The lowest BCUT2D eigenvalue weighted by molar-refractivity contribution is 0.210. The molecule has 0 aromatic heterocycles. The Balaban J connectivity index is 2.45. The second kappa shape index (κ2) is 5.43. The molecule has 0 heterocycles. The lowest BCUT2D eigenvalue weighted by Gasteiger charge is -2.11. The number of aliphatic hydroxyl groups excluding tert-OH is 1. The third-order valence-corrected chi connectivity index (χ3v) is 2.98. The van der Waals surface area contributed by atoms with Crippen molar-refractivity contribution in [3.8, 4) is 0 Å². The van der Waals surface area contributed by atoms with Crippen LogP contribution in [0, 0.1) is 5.92 Å². The predicted octanol–water partition coefficient (Wildman–Crippen LogP) is 3.28. The third kappa shape index (κ3) is 3.95. The van der Waals surface area contributed by atoms with E-state index in [9.17, 15) is 5.11 Å². The zero-order valence-electron chi connectivity index (χ0n) is 8.92. The van der Waals surface area contributed by atoms with Crippen molar-refractivity contribution in [1.82, 2.24) is 0 Å².